The second-order valence-electron chi connectivity index (χ2n) is 3.32. The third-order valence-electron chi connectivity index (χ3n) is 2.17. The third kappa shape index (κ3) is 2.17. The first kappa shape index (κ1) is 11.3. The number of halogens is 1. The lowest BCUT2D eigenvalue weighted by Gasteiger charge is -1.98. The summed E-state index contributed by atoms with van der Waals surface area (Å²) >= 11 is 5.04. The highest BCUT2D eigenvalue weighted by atomic mass is 79.9. The molecule has 0 saturated carbocycles. The molecule has 0 aliphatic carbocycles. The molecule has 6 heteroatoms. The van der Waals surface area contributed by atoms with Crippen molar-refractivity contribution < 1.29 is 9.90 Å². The fourth-order valence-electron chi connectivity index (χ4n) is 1.39. The van der Waals surface area contributed by atoms with E-state index in [9.17, 15) is 4.79 Å². The Balaban J connectivity index is 2.26. The third-order valence-corrected chi connectivity index (χ3v) is 4.08. The molecule has 0 fully saturated rings. The minimum Gasteiger partial charge on any atom is -0.478 e. The first-order valence-corrected chi connectivity index (χ1v) is 6.24. The lowest BCUT2D eigenvalue weighted by atomic mass is 10.3. The van der Waals surface area contributed by atoms with Crippen LogP contribution < -0.4 is 0 Å². The molecule has 0 spiro atoms. The Morgan fingerprint density at radius 2 is 2.44 bits per heavy atom. The van der Waals surface area contributed by atoms with Crippen molar-refractivity contribution in [3.8, 4) is 0 Å². The maximum absolute atomic E-state index is 10.8. The van der Waals surface area contributed by atoms with Crippen LogP contribution in [0.4, 0.5) is 0 Å². The molecule has 0 unspecified atom stereocenters. The highest BCUT2D eigenvalue weighted by Crippen LogP contribution is 2.23. The predicted octanol–water partition coefficient (Wildman–Crippen LogP) is 2.76. The summed E-state index contributed by atoms with van der Waals surface area (Å²) in [5.41, 5.74) is 0.799. The number of rotatable bonds is 3. The molecule has 2 aromatic heterocycles. The molecule has 2 rings (SSSR count). The van der Waals surface area contributed by atoms with Gasteiger partial charge in [-0.1, -0.05) is 0 Å². The fourth-order valence-corrected chi connectivity index (χ4v) is 2.86. The molecule has 0 aromatic carbocycles. The highest BCUT2D eigenvalue weighted by Gasteiger charge is 2.12. The lowest BCUT2D eigenvalue weighted by molar-refractivity contribution is 0.0696. The van der Waals surface area contributed by atoms with Crippen LogP contribution in [-0.2, 0) is 6.54 Å². The second kappa shape index (κ2) is 4.39. The Labute approximate surface area is 105 Å². The molecule has 4 nitrogen and oxygen atoms in total. The fraction of sp³-hybridized carbons (Fsp3) is 0.200. The average Bonchev–Trinajstić information content (AvgIpc) is 2.75. The first-order chi connectivity index (χ1) is 7.58. The molecule has 0 saturated heterocycles. The number of carbonyl (C=O) groups is 1. The minimum atomic E-state index is -0.936. The van der Waals surface area contributed by atoms with Crippen LogP contribution in [0, 0.1) is 6.92 Å². The van der Waals surface area contributed by atoms with Crippen molar-refractivity contribution in [2.75, 3.05) is 0 Å². The summed E-state index contributed by atoms with van der Waals surface area (Å²) in [7, 11) is 0. The zero-order valence-corrected chi connectivity index (χ0v) is 10.9. The van der Waals surface area contributed by atoms with E-state index in [1.54, 1.807) is 29.1 Å². The zero-order chi connectivity index (χ0) is 11.7. The molecular weight excluding hydrogens is 292 g/mol. The van der Waals surface area contributed by atoms with Crippen LogP contribution in [-0.4, -0.2) is 20.9 Å². The molecule has 0 aliphatic heterocycles. The Morgan fingerprint density at radius 3 is 2.94 bits per heavy atom. The summed E-state index contributed by atoms with van der Waals surface area (Å²) in [6, 6.07) is 1.97. The number of nitrogens with zero attached hydrogens (tertiary/aromatic N) is 2. The number of thiophene rings is 1. The Kier molecular flexibility index (Phi) is 3.11. The summed E-state index contributed by atoms with van der Waals surface area (Å²) in [5, 5.41) is 15.0. The van der Waals surface area contributed by atoms with E-state index >= 15 is 0 Å². The van der Waals surface area contributed by atoms with E-state index in [0.717, 1.165) is 9.35 Å². The van der Waals surface area contributed by atoms with Crippen LogP contribution in [0.25, 0.3) is 0 Å². The van der Waals surface area contributed by atoms with Crippen molar-refractivity contribution in [2.45, 2.75) is 13.5 Å². The van der Waals surface area contributed by atoms with Crippen LogP contribution in [0.1, 0.15) is 20.9 Å². The summed E-state index contributed by atoms with van der Waals surface area (Å²) in [6.07, 6.45) is 1.56. The maximum atomic E-state index is 10.8. The SMILES string of the molecule is Cc1nn(Cc2sccc2Br)cc1C(=O)O. The van der Waals surface area contributed by atoms with Gasteiger partial charge in [-0.15, -0.1) is 11.3 Å². The van der Waals surface area contributed by atoms with E-state index in [4.69, 9.17) is 5.11 Å². The number of aryl methyl sites for hydroxylation is 1. The van der Waals surface area contributed by atoms with Crippen molar-refractivity contribution >= 4 is 33.2 Å². The predicted molar refractivity (Wildman–Crippen MR) is 65.0 cm³/mol. The number of aromatic carboxylic acids is 1. The van der Waals surface area contributed by atoms with E-state index in [1.165, 1.54) is 0 Å². The van der Waals surface area contributed by atoms with E-state index in [0.29, 0.717) is 12.2 Å². The van der Waals surface area contributed by atoms with Crippen molar-refractivity contribution in [3.05, 3.63) is 38.3 Å². The topological polar surface area (TPSA) is 55.1 Å². The van der Waals surface area contributed by atoms with Gasteiger partial charge in [0.1, 0.15) is 5.56 Å². The smallest absolute Gasteiger partial charge is 0.339 e. The molecule has 16 heavy (non-hydrogen) atoms. The molecule has 2 heterocycles. The van der Waals surface area contributed by atoms with Gasteiger partial charge < -0.3 is 5.11 Å². The molecule has 0 aliphatic rings. The molecule has 0 atom stereocenters. The highest BCUT2D eigenvalue weighted by molar-refractivity contribution is 9.10. The monoisotopic (exact) mass is 300 g/mol. The Hall–Kier alpha value is -1.14. The number of aromatic nitrogens is 2. The quantitative estimate of drug-likeness (QED) is 0.948. The largest absolute Gasteiger partial charge is 0.478 e. The molecular formula is C10H9BrN2O2S. The van der Waals surface area contributed by atoms with Gasteiger partial charge in [0.05, 0.1) is 12.2 Å². The van der Waals surface area contributed by atoms with Crippen LogP contribution >= 0.6 is 27.3 Å². The normalized spacial score (nSPS) is 10.6. The van der Waals surface area contributed by atoms with Crippen molar-refractivity contribution in [1.82, 2.24) is 9.78 Å². The minimum absolute atomic E-state index is 0.257. The van der Waals surface area contributed by atoms with Gasteiger partial charge in [0.2, 0.25) is 0 Å². The molecule has 0 amide bonds. The molecule has 84 valence electrons. The number of hydrogen-bond acceptors (Lipinski definition) is 3. The van der Waals surface area contributed by atoms with Gasteiger partial charge in [-0.25, -0.2) is 4.79 Å². The van der Waals surface area contributed by atoms with Crippen LogP contribution in [0.15, 0.2) is 22.1 Å². The van der Waals surface area contributed by atoms with E-state index in [1.807, 2.05) is 11.4 Å². The van der Waals surface area contributed by atoms with Crippen molar-refractivity contribution in [1.29, 1.82) is 0 Å². The average molecular weight is 301 g/mol. The molecule has 0 radical (unpaired) electrons. The number of carboxylic acid groups (broad SMARTS) is 1. The molecule has 1 N–H and O–H groups in total. The standard InChI is InChI=1S/C10H9BrN2O2S/c1-6-7(10(14)15)4-13(12-6)5-9-8(11)2-3-16-9/h2-4H,5H2,1H3,(H,14,15). The van der Waals surface area contributed by atoms with Gasteiger partial charge in [0, 0.05) is 15.5 Å². The second-order valence-corrected chi connectivity index (χ2v) is 5.18. The Morgan fingerprint density at radius 1 is 1.69 bits per heavy atom. The summed E-state index contributed by atoms with van der Waals surface area (Å²) in [4.78, 5) is 12.0. The lowest BCUT2D eigenvalue weighted by Crippen LogP contribution is -1.99. The molecule has 2 aromatic rings. The van der Waals surface area contributed by atoms with Crippen LogP contribution in [0.2, 0.25) is 0 Å². The molecule has 0 bridgehead atoms. The van der Waals surface area contributed by atoms with Crippen molar-refractivity contribution in [3.63, 3.8) is 0 Å². The van der Waals surface area contributed by atoms with Crippen molar-refractivity contribution in [2.24, 2.45) is 0 Å². The summed E-state index contributed by atoms with van der Waals surface area (Å²) < 4.78 is 2.68. The van der Waals surface area contributed by atoms with Gasteiger partial charge in [0.25, 0.3) is 0 Å². The summed E-state index contributed by atoms with van der Waals surface area (Å²) in [5.74, 6) is -0.936. The van der Waals surface area contributed by atoms with E-state index in [2.05, 4.69) is 21.0 Å². The van der Waals surface area contributed by atoms with Gasteiger partial charge in [-0.2, -0.15) is 5.10 Å². The first-order valence-electron chi connectivity index (χ1n) is 4.57. The zero-order valence-electron chi connectivity index (χ0n) is 8.48. The summed E-state index contributed by atoms with van der Waals surface area (Å²) in [6.45, 7) is 2.29. The van der Waals surface area contributed by atoms with Crippen LogP contribution in [0.3, 0.4) is 0 Å². The Bertz CT molecular complexity index is 533. The number of hydrogen-bond donors (Lipinski definition) is 1. The van der Waals surface area contributed by atoms with Gasteiger partial charge in [-0.3, -0.25) is 4.68 Å². The van der Waals surface area contributed by atoms with Crippen LogP contribution in [0.5, 0.6) is 0 Å². The van der Waals surface area contributed by atoms with Gasteiger partial charge >= 0.3 is 5.97 Å². The number of carboxylic acids is 1. The maximum Gasteiger partial charge on any atom is 0.339 e. The van der Waals surface area contributed by atoms with Gasteiger partial charge in [0.15, 0.2) is 0 Å². The van der Waals surface area contributed by atoms with E-state index in [-0.39, 0.29) is 5.56 Å². The van der Waals surface area contributed by atoms with Gasteiger partial charge in [-0.05, 0) is 34.3 Å². The van der Waals surface area contributed by atoms with E-state index < -0.39 is 5.97 Å².